The number of rotatable bonds is 5. The van der Waals surface area contributed by atoms with E-state index in [4.69, 9.17) is 0 Å². The number of guanidine groups is 1. The average molecular weight is 457 g/mol. The van der Waals surface area contributed by atoms with E-state index in [-0.39, 0.29) is 24.0 Å². The van der Waals surface area contributed by atoms with E-state index in [9.17, 15) is 0 Å². The largest absolute Gasteiger partial charge is 0.355 e. The molecule has 0 aromatic heterocycles. The number of aliphatic imine (C=N–C) groups is 1. The van der Waals surface area contributed by atoms with Crippen LogP contribution in [0.5, 0.6) is 0 Å². The number of halogens is 1. The summed E-state index contributed by atoms with van der Waals surface area (Å²) in [6.07, 6.45) is 2.59. The van der Waals surface area contributed by atoms with Crippen molar-refractivity contribution in [3.63, 3.8) is 0 Å². The molecule has 0 saturated carbocycles. The zero-order chi connectivity index (χ0) is 16.6. The number of piperazine rings is 1. The quantitative estimate of drug-likeness (QED) is 0.417. The van der Waals surface area contributed by atoms with Crippen LogP contribution in [0.1, 0.15) is 18.4 Å². The summed E-state index contributed by atoms with van der Waals surface area (Å²) in [5.41, 5.74) is 1.42. The lowest BCUT2D eigenvalue weighted by atomic mass is 10.2. The van der Waals surface area contributed by atoms with E-state index in [2.05, 4.69) is 55.3 Å². The second kappa shape index (κ2) is 11.0. The Morgan fingerprint density at radius 2 is 1.60 bits per heavy atom. The van der Waals surface area contributed by atoms with Crippen molar-refractivity contribution in [2.24, 2.45) is 4.99 Å². The molecule has 0 bridgehead atoms. The Labute approximate surface area is 169 Å². The molecular weight excluding hydrogens is 425 g/mol. The topological polar surface area (TPSA) is 34.1 Å². The molecule has 140 valence electrons. The fourth-order valence-corrected chi connectivity index (χ4v) is 3.60. The molecule has 2 saturated heterocycles. The van der Waals surface area contributed by atoms with Gasteiger partial charge in [-0.2, -0.15) is 0 Å². The van der Waals surface area contributed by atoms with Crippen LogP contribution in [0.15, 0.2) is 35.3 Å². The van der Waals surface area contributed by atoms with E-state index in [0.717, 1.165) is 64.9 Å². The van der Waals surface area contributed by atoms with E-state index in [0.29, 0.717) is 0 Å². The highest BCUT2D eigenvalue weighted by Crippen LogP contribution is 2.09. The van der Waals surface area contributed by atoms with Gasteiger partial charge in [0.05, 0.1) is 0 Å². The lowest BCUT2D eigenvalue weighted by molar-refractivity contribution is 0.128. The Morgan fingerprint density at radius 1 is 0.960 bits per heavy atom. The third-order valence-corrected chi connectivity index (χ3v) is 5.04. The van der Waals surface area contributed by atoms with Gasteiger partial charge in [-0.15, -0.1) is 24.0 Å². The maximum atomic E-state index is 4.42. The average Bonchev–Trinajstić information content (AvgIpc) is 3.15. The highest BCUT2D eigenvalue weighted by Gasteiger charge is 2.18. The fourth-order valence-electron chi connectivity index (χ4n) is 3.60. The van der Waals surface area contributed by atoms with Crippen molar-refractivity contribution in [3.05, 3.63) is 35.9 Å². The van der Waals surface area contributed by atoms with Gasteiger partial charge < -0.3 is 10.2 Å². The van der Waals surface area contributed by atoms with Crippen LogP contribution in [-0.2, 0) is 6.54 Å². The second-order valence-corrected chi connectivity index (χ2v) is 6.77. The number of hydrogen-bond acceptors (Lipinski definition) is 3. The lowest BCUT2D eigenvalue weighted by Crippen LogP contribution is -2.49. The van der Waals surface area contributed by atoms with E-state index >= 15 is 0 Å². The van der Waals surface area contributed by atoms with Gasteiger partial charge in [-0.3, -0.25) is 14.8 Å². The van der Waals surface area contributed by atoms with Gasteiger partial charge >= 0.3 is 0 Å². The maximum absolute atomic E-state index is 4.42. The molecule has 25 heavy (non-hydrogen) atoms. The molecule has 0 atom stereocenters. The third kappa shape index (κ3) is 6.42. The Bertz CT molecular complexity index is 508. The van der Waals surface area contributed by atoms with Gasteiger partial charge in [0.1, 0.15) is 0 Å². The molecule has 0 unspecified atom stereocenters. The molecule has 1 aromatic carbocycles. The molecule has 0 spiro atoms. The van der Waals surface area contributed by atoms with Gasteiger partial charge in [0.15, 0.2) is 5.96 Å². The molecule has 6 heteroatoms. The van der Waals surface area contributed by atoms with Crippen LogP contribution in [0.3, 0.4) is 0 Å². The molecule has 2 aliphatic heterocycles. The number of hydrogen-bond donors (Lipinski definition) is 1. The fraction of sp³-hybridized carbons (Fsp3) is 0.632. The molecule has 0 radical (unpaired) electrons. The lowest BCUT2D eigenvalue weighted by Gasteiger charge is -2.35. The molecular formula is C19H32IN5. The number of benzene rings is 1. The molecule has 2 fully saturated rings. The Morgan fingerprint density at radius 3 is 2.24 bits per heavy atom. The SMILES string of the molecule is CN=C(NCCN1CCN(Cc2ccccc2)CC1)N1CCCC1.I. The minimum absolute atomic E-state index is 0. The summed E-state index contributed by atoms with van der Waals surface area (Å²) >= 11 is 0. The predicted molar refractivity (Wildman–Crippen MR) is 116 cm³/mol. The van der Waals surface area contributed by atoms with Gasteiger partial charge in [0, 0.05) is 66.0 Å². The van der Waals surface area contributed by atoms with Crippen molar-refractivity contribution >= 4 is 29.9 Å². The highest BCUT2D eigenvalue weighted by molar-refractivity contribution is 14.0. The van der Waals surface area contributed by atoms with Crippen molar-refractivity contribution in [1.82, 2.24) is 20.0 Å². The van der Waals surface area contributed by atoms with E-state index in [1.54, 1.807) is 0 Å². The minimum Gasteiger partial charge on any atom is -0.355 e. The van der Waals surface area contributed by atoms with Crippen LogP contribution >= 0.6 is 24.0 Å². The predicted octanol–water partition coefficient (Wildman–Crippen LogP) is 2.09. The van der Waals surface area contributed by atoms with Gasteiger partial charge in [0.2, 0.25) is 0 Å². The van der Waals surface area contributed by atoms with Crippen LogP contribution in [0.4, 0.5) is 0 Å². The van der Waals surface area contributed by atoms with Crippen molar-refractivity contribution in [2.75, 3.05) is 59.4 Å². The van der Waals surface area contributed by atoms with Gasteiger partial charge in [-0.05, 0) is 18.4 Å². The molecule has 3 rings (SSSR count). The second-order valence-electron chi connectivity index (χ2n) is 6.77. The monoisotopic (exact) mass is 457 g/mol. The van der Waals surface area contributed by atoms with Gasteiger partial charge in [-0.1, -0.05) is 30.3 Å². The van der Waals surface area contributed by atoms with Crippen molar-refractivity contribution in [1.29, 1.82) is 0 Å². The third-order valence-electron chi connectivity index (χ3n) is 5.04. The van der Waals surface area contributed by atoms with Crippen LogP contribution in [0, 0.1) is 0 Å². The number of likely N-dealkylation sites (tertiary alicyclic amines) is 1. The van der Waals surface area contributed by atoms with Crippen LogP contribution < -0.4 is 5.32 Å². The minimum atomic E-state index is 0. The summed E-state index contributed by atoms with van der Waals surface area (Å²) in [5, 5.41) is 3.53. The number of nitrogens with one attached hydrogen (secondary N) is 1. The summed E-state index contributed by atoms with van der Waals surface area (Å²) < 4.78 is 0. The summed E-state index contributed by atoms with van der Waals surface area (Å²) in [4.78, 5) is 11.9. The first-order valence-electron chi connectivity index (χ1n) is 9.29. The summed E-state index contributed by atoms with van der Waals surface area (Å²) in [6.45, 7) is 10.1. The van der Waals surface area contributed by atoms with E-state index in [1.165, 1.54) is 18.4 Å². The molecule has 1 N–H and O–H groups in total. The summed E-state index contributed by atoms with van der Waals surface area (Å²) in [7, 11) is 1.89. The normalized spacial score (nSPS) is 19.7. The molecule has 0 aliphatic carbocycles. The van der Waals surface area contributed by atoms with Crippen LogP contribution in [0.2, 0.25) is 0 Å². The molecule has 1 aromatic rings. The van der Waals surface area contributed by atoms with Gasteiger partial charge in [0.25, 0.3) is 0 Å². The van der Waals surface area contributed by atoms with E-state index in [1.807, 2.05) is 7.05 Å². The Hall–Kier alpha value is -0.860. The van der Waals surface area contributed by atoms with E-state index < -0.39 is 0 Å². The standard InChI is InChI=1S/C19H31N5.HI/c1-20-19(24-10-5-6-11-24)21-9-12-22-13-15-23(16-14-22)17-18-7-3-2-4-8-18;/h2-4,7-8H,5-6,9-17H2,1H3,(H,20,21);1H. The zero-order valence-electron chi connectivity index (χ0n) is 15.4. The van der Waals surface area contributed by atoms with Crippen molar-refractivity contribution < 1.29 is 0 Å². The van der Waals surface area contributed by atoms with Gasteiger partial charge in [-0.25, -0.2) is 0 Å². The van der Waals surface area contributed by atoms with Crippen LogP contribution in [0.25, 0.3) is 0 Å². The smallest absolute Gasteiger partial charge is 0.193 e. The summed E-state index contributed by atoms with van der Waals surface area (Å²) in [5.74, 6) is 1.08. The first-order valence-corrected chi connectivity index (χ1v) is 9.29. The number of nitrogens with zero attached hydrogens (tertiary/aromatic N) is 4. The molecule has 5 nitrogen and oxygen atoms in total. The molecule has 0 amide bonds. The Balaban J connectivity index is 0.00000225. The summed E-state index contributed by atoms with van der Waals surface area (Å²) in [6, 6.07) is 10.8. The first kappa shape index (κ1) is 20.5. The van der Waals surface area contributed by atoms with Crippen molar-refractivity contribution in [2.45, 2.75) is 19.4 Å². The molecule has 2 heterocycles. The first-order chi connectivity index (χ1) is 11.8. The highest BCUT2D eigenvalue weighted by atomic mass is 127. The maximum Gasteiger partial charge on any atom is 0.193 e. The molecule has 2 aliphatic rings. The zero-order valence-corrected chi connectivity index (χ0v) is 17.7. The van der Waals surface area contributed by atoms with Crippen LogP contribution in [-0.4, -0.2) is 80.1 Å². The Kier molecular flexibility index (Phi) is 8.98. The van der Waals surface area contributed by atoms with Crippen molar-refractivity contribution in [3.8, 4) is 0 Å².